The van der Waals surface area contributed by atoms with Crippen LogP contribution in [0.2, 0.25) is 0 Å². The highest BCUT2D eigenvalue weighted by Gasteiger charge is 2.10. The Morgan fingerprint density at radius 1 is 1.19 bits per heavy atom. The maximum atomic E-state index is 12.2. The number of oxazole rings is 1. The van der Waals surface area contributed by atoms with E-state index in [4.69, 9.17) is 4.42 Å². The van der Waals surface area contributed by atoms with Gasteiger partial charge < -0.3 is 9.73 Å². The number of para-hydroxylation sites is 1. The Hall–Kier alpha value is -2.27. The van der Waals surface area contributed by atoms with Gasteiger partial charge in [-0.3, -0.25) is 4.79 Å². The molecule has 26 heavy (non-hydrogen) atoms. The van der Waals surface area contributed by atoms with Gasteiger partial charge in [0.1, 0.15) is 5.52 Å². The van der Waals surface area contributed by atoms with Gasteiger partial charge in [0.2, 0.25) is 0 Å². The van der Waals surface area contributed by atoms with E-state index in [1.807, 2.05) is 49.4 Å². The summed E-state index contributed by atoms with van der Waals surface area (Å²) in [7, 11) is 0. The SMILES string of the molecule is CCCCCNC(=O)c1cccc(CSc2nc3c(C)cccc3o2)c1. The van der Waals surface area contributed by atoms with Crippen LogP contribution < -0.4 is 5.32 Å². The number of rotatable bonds is 8. The lowest BCUT2D eigenvalue weighted by atomic mass is 10.1. The number of carbonyl (C=O) groups excluding carboxylic acids is 1. The van der Waals surface area contributed by atoms with Gasteiger partial charge in [0.25, 0.3) is 11.1 Å². The van der Waals surface area contributed by atoms with E-state index < -0.39 is 0 Å². The van der Waals surface area contributed by atoms with Crippen LogP contribution in [0.1, 0.15) is 47.7 Å². The molecule has 1 heterocycles. The average molecular weight is 369 g/mol. The molecular weight excluding hydrogens is 344 g/mol. The standard InChI is InChI=1S/C21H24N2O2S/c1-3-4-5-12-22-20(24)17-10-7-9-16(13-17)14-26-21-23-19-15(2)8-6-11-18(19)25-21/h6-11,13H,3-5,12,14H2,1-2H3,(H,22,24). The minimum absolute atomic E-state index is 0.00885. The maximum Gasteiger partial charge on any atom is 0.257 e. The number of hydrogen-bond acceptors (Lipinski definition) is 4. The van der Waals surface area contributed by atoms with Gasteiger partial charge in [-0.25, -0.2) is 4.98 Å². The molecule has 0 spiro atoms. The molecule has 3 rings (SSSR count). The molecule has 0 aliphatic rings. The highest BCUT2D eigenvalue weighted by atomic mass is 32.2. The van der Waals surface area contributed by atoms with Gasteiger partial charge in [-0.15, -0.1) is 0 Å². The van der Waals surface area contributed by atoms with Crippen LogP contribution in [-0.4, -0.2) is 17.4 Å². The van der Waals surface area contributed by atoms with Crippen LogP contribution in [-0.2, 0) is 5.75 Å². The van der Waals surface area contributed by atoms with Crippen molar-refractivity contribution in [3.63, 3.8) is 0 Å². The second-order valence-electron chi connectivity index (χ2n) is 6.35. The second-order valence-corrected chi connectivity index (χ2v) is 7.28. The third-order valence-electron chi connectivity index (χ3n) is 4.22. The third kappa shape index (κ3) is 4.67. The zero-order chi connectivity index (χ0) is 18.4. The zero-order valence-corrected chi connectivity index (χ0v) is 16.1. The number of carbonyl (C=O) groups is 1. The molecule has 1 amide bonds. The smallest absolute Gasteiger partial charge is 0.257 e. The predicted molar refractivity (Wildman–Crippen MR) is 107 cm³/mol. The average Bonchev–Trinajstić information content (AvgIpc) is 3.08. The van der Waals surface area contributed by atoms with Gasteiger partial charge in [-0.1, -0.05) is 55.8 Å². The van der Waals surface area contributed by atoms with Gasteiger partial charge >= 0.3 is 0 Å². The van der Waals surface area contributed by atoms with E-state index in [0.29, 0.717) is 16.5 Å². The Kier molecular flexibility index (Phi) is 6.34. The summed E-state index contributed by atoms with van der Waals surface area (Å²) in [6.07, 6.45) is 3.31. The quantitative estimate of drug-likeness (QED) is 0.430. The van der Waals surface area contributed by atoms with Crippen LogP contribution >= 0.6 is 11.8 Å². The van der Waals surface area contributed by atoms with E-state index in [0.717, 1.165) is 48.0 Å². The molecule has 0 bridgehead atoms. The Morgan fingerprint density at radius 3 is 2.85 bits per heavy atom. The topological polar surface area (TPSA) is 55.1 Å². The Bertz CT molecular complexity index is 889. The normalized spacial score (nSPS) is 11.0. The molecule has 0 atom stereocenters. The summed E-state index contributed by atoms with van der Waals surface area (Å²) in [4.78, 5) is 16.8. The number of unbranched alkanes of at least 4 members (excludes halogenated alkanes) is 2. The summed E-state index contributed by atoms with van der Waals surface area (Å²) in [6.45, 7) is 4.91. The molecule has 0 saturated heterocycles. The lowest BCUT2D eigenvalue weighted by Crippen LogP contribution is -2.24. The van der Waals surface area contributed by atoms with E-state index >= 15 is 0 Å². The van der Waals surface area contributed by atoms with Crippen molar-refractivity contribution in [3.05, 3.63) is 59.2 Å². The number of aryl methyl sites for hydroxylation is 1. The van der Waals surface area contributed by atoms with Crippen molar-refractivity contribution in [1.29, 1.82) is 0 Å². The van der Waals surface area contributed by atoms with Gasteiger partial charge in [0.05, 0.1) is 0 Å². The van der Waals surface area contributed by atoms with Crippen LogP contribution in [0.3, 0.4) is 0 Å². The highest BCUT2D eigenvalue weighted by Crippen LogP contribution is 2.27. The second kappa shape index (κ2) is 8.90. The highest BCUT2D eigenvalue weighted by molar-refractivity contribution is 7.98. The summed E-state index contributed by atoms with van der Waals surface area (Å²) in [6, 6.07) is 13.7. The molecule has 0 aliphatic carbocycles. The molecule has 2 aromatic carbocycles. The predicted octanol–water partition coefficient (Wildman–Crippen LogP) is 5.35. The molecule has 1 aromatic heterocycles. The summed E-state index contributed by atoms with van der Waals surface area (Å²) in [5.41, 5.74) is 4.62. The number of thioether (sulfide) groups is 1. The maximum absolute atomic E-state index is 12.2. The summed E-state index contributed by atoms with van der Waals surface area (Å²) in [5.74, 6) is 0.702. The molecule has 0 radical (unpaired) electrons. The molecule has 5 heteroatoms. The number of fused-ring (bicyclic) bond motifs is 1. The first-order chi connectivity index (χ1) is 12.7. The molecule has 0 unspecified atom stereocenters. The number of nitrogens with zero attached hydrogens (tertiary/aromatic N) is 1. The Morgan fingerprint density at radius 2 is 2.04 bits per heavy atom. The molecule has 4 nitrogen and oxygen atoms in total. The van der Waals surface area contributed by atoms with E-state index in [9.17, 15) is 4.79 Å². The largest absolute Gasteiger partial charge is 0.431 e. The van der Waals surface area contributed by atoms with Gasteiger partial charge in [0, 0.05) is 17.9 Å². The van der Waals surface area contributed by atoms with Gasteiger partial charge in [0.15, 0.2) is 5.58 Å². The minimum Gasteiger partial charge on any atom is -0.431 e. The zero-order valence-electron chi connectivity index (χ0n) is 15.2. The van der Waals surface area contributed by atoms with E-state index in [-0.39, 0.29) is 5.91 Å². The number of nitrogens with one attached hydrogen (secondary N) is 1. The molecular formula is C21H24N2O2S. The van der Waals surface area contributed by atoms with Crippen molar-refractivity contribution in [3.8, 4) is 0 Å². The first-order valence-corrected chi connectivity index (χ1v) is 10.0. The van der Waals surface area contributed by atoms with E-state index in [2.05, 4.69) is 17.2 Å². The van der Waals surface area contributed by atoms with Gasteiger partial charge in [-0.05, 0) is 42.7 Å². The molecule has 3 aromatic rings. The van der Waals surface area contributed by atoms with Crippen LogP contribution in [0.5, 0.6) is 0 Å². The van der Waals surface area contributed by atoms with Crippen LogP contribution in [0.15, 0.2) is 52.1 Å². The van der Waals surface area contributed by atoms with E-state index in [1.54, 1.807) is 11.8 Å². The first kappa shape index (κ1) is 18.5. The van der Waals surface area contributed by atoms with Crippen molar-refractivity contribution in [1.82, 2.24) is 10.3 Å². The van der Waals surface area contributed by atoms with Crippen molar-refractivity contribution >= 4 is 28.8 Å². The summed E-state index contributed by atoms with van der Waals surface area (Å²) >= 11 is 1.54. The van der Waals surface area contributed by atoms with Crippen molar-refractivity contribution in [2.24, 2.45) is 0 Å². The summed E-state index contributed by atoms with van der Waals surface area (Å²) in [5, 5.41) is 3.64. The molecule has 0 saturated carbocycles. The molecule has 0 aliphatic heterocycles. The number of benzene rings is 2. The molecule has 0 fully saturated rings. The van der Waals surface area contributed by atoms with Crippen molar-refractivity contribution in [2.75, 3.05) is 6.54 Å². The lowest BCUT2D eigenvalue weighted by molar-refractivity contribution is 0.0953. The number of hydrogen-bond donors (Lipinski definition) is 1. The fourth-order valence-corrected chi connectivity index (χ4v) is 3.53. The third-order valence-corrected chi connectivity index (χ3v) is 5.12. The minimum atomic E-state index is -0.00885. The Balaban J connectivity index is 1.61. The van der Waals surface area contributed by atoms with Gasteiger partial charge in [-0.2, -0.15) is 0 Å². The molecule has 136 valence electrons. The molecule has 1 N–H and O–H groups in total. The Labute approximate surface area is 158 Å². The van der Waals surface area contributed by atoms with Crippen LogP contribution in [0.25, 0.3) is 11.1 Å². The summed E-state index contributed by atoms with van der Waals surface area (Å²) < 4.78 is 5.80. The monoisotopic (exact) mass is 368 g/mol. The van der Waals surface area contributed by atoms with Crippen molar-refractivity contribution in [2.45, 2.75) is 44.1 Å². The van der Waals surface area contributed by atoms with Crippen LogP contribution in [0, 0.1) is 6.92 Å². The first-order valence-electron chi connectivity index (χ1n) is 9.03. The van der Waals surface area contributed by atoms with Crippen LogP contribution in [0.4, 0.5) is 0 Å². The van der Waals surface area contributed by atoms with E-state index in [1.165, 1.54) is 0 Å². The fraction of sp³-hybridized carbons (Fsp3) is 0.333. The van der Waals surface area contributed by atoms with Crippen molar-refractivity contribution < 1.29 is 9.21 Å². The number of aromatic nitrogens is 1. The lowest BCUT2D eigenvalue weighted by Gasteiger charge is -2.06. The number of amides is 1. The fourth-order valence-electron chi connectivity index (χ4n) is 2.75.